The number of carbonyl (C=O) groups excluding carboxylic acids is 1. The van der Waals surface area contributed by atoms with E-state index < -0.39 is 45.2 Å². The summed E-state index contributed by atoms with van der Waals surface area (Å²) in [5.74, 6) is -5.81. The Bertz CT molecular complexity index is 601. The van der Waals surface area contributed by atoms with Crippen LogP contribution in [0, 0.1) is 21.7 Å². The fraction of sp³-hybridized carbons (Fsp3) is 0.273. The van der Waals surface area contributed by atoms with Crippen molar-refractivity contribution < 1.29 is 28.4 Å². The van der Waals surface area contributed by atoms with Gasteiger partial charge in [0.1, 0.15) is 16.9 Å². The van der Waals surface area contributed by atoms with E-state index in [1.54, 1.807) is 0 Å². The molecule has 0 spiro atoms. The van der Waals surface area contributed by atoms with Gasteiger partial charge in [-0.1, -0.05) is 0 Å². The molecule has 0 atom stereocenters. The minimum Gasteiger partial charge on any atom is -0.480 e. The van der Waals surface area contributed by atoms with Crippen LogP contribution in [0.3, 0.4) is 0 Å². The summed E-state index contributed by atoms with van der Waals surface area (Å²) in [6.45, 7) is 2.20. The second-order valence-electron chi connectivity index (χ2n) is 4.40. The Morgan fingerprint density at radius 1 is 1.35 bits per heavy atom. The number of nitrogens with zero attached hydrogens (tertiary/aromatic N) is 1. The van der Waals surface area contributed by atoms with Gasteiger partial charge in [0.25, 0.3) is 5.91 Å². The van der Waals surface area contributed by atoms with Crippen molar-refractivity contribution in [2.45, 2.75) is 19.4 Å². The molecular formula is C11H10F2N2O5. The average Bonchev–Trinajstić information content (AvgIpc) is 2.27. The molecule has 0 aliphatic heterocycles. The normalized spacial score (nSPS) is 11.0. The van der Waals surface area contributed by atoms with Crippen molar-refractivity contribution in [2.24, 2.45) is 0 Å². The zero-order valence-electron chi connectivity index (χ0n) is 10.4. The highest BCUT2D eigenvalue weighted by molar-refractivity contribution is 5.98. The van der Waals surface area contributed by atoms with Gasteiger partial charge in [0.15, 0.2) is 0 Å². The molecule has 0 heterocycles. The predicted molar refractivity (Wildman–Crippen MR) is 62.2 cm³/mol. The Morgan fingerprint density at radius 3 is 2.35 bits per heavy atom. The summed E-state index contributed by atoms with van der Waals surface area (Å²) in [6.07, 6.45) is 0. The monoisotopic (exact) mass is 288 g/mol. The smallest absolute Gasteiger partial charge is 0.328 e. The third-order valence-corrected chi connectivity index (χ3v) is 2.46. The van der Waals surface area contributed by atoms with Crippen LogP contribution >= 0.6 is 0 Å². The summed E-state index contributed by atoms with van der Waals surface area (Å²) in [5, 5.41) is 21.2. The lowest BCUT2D eigenvalue weighted by Gasteiger charge is -2.21. The van der Waals surface area contributed by atoms with Crippen molar-refractivity contribution in [3.8, 4) is 0 Å². The second-order valence-corrected chi connectivity index (χ2v) is 4.40. The standard InChI is InChI=1S/C11H10F2N2O5/c1-11(2,10(17)18)14-9(16)7-5(12)3-4-6(8(7)13)15(19)20/h3-4H,1-2H3,(H,14,16)(H,17,18). The molecule has 0 unspecified atom stereocenters. The SMILES string of the molecule is CC(C)(NC(=O)c1c(F)ccc([N+](=O)[O-])c1F)C(=O)O. The van der Waals surface area contributed by atoms with Gasteiger partial charge in [0.2, 0.25) is 5.82 Å². The Kier molecular flexibility index (Phi) is 4.02. The van der Waals surface area contributed by atoms with E-state index in [2.05, 4.69) is 0 Å². The first-order valence-corrected chi connectivity index (χ1v) is 5.26. The van der Waals surface area contributed by atoms with Crippen molar-refractivity contribution in [3.63, 3.8) is 0 Å². The number of halogens is 2. The van der Waals surface area contributed by atoms with Gasteiger partial charge in [-0.15, -0.1) is 0 Å². The van der Waals surface area contributed by atoms with Crippen LogP contribution in [0.4, 0.5) is 14.5 Å². The lowest BCUT2D eigenvalue weighted by Crippen LogP contribution is -2.50. The maximum absolute atomic E-state index is 13.7. The fourth-order valence-electron chi connectivity index (χ4n) is 1.29. The number of amides is 1. The van der Waals surface area contributed by atoms with Crippen LogP contribution in [0.1, 0.15) is 24.2 Å². The first-order chi connectivity index (χ1) is 9.08. The van der Waals surface area contributed by atoms with E-state index in [1.807, 2.05) is 5.32 Å². The summed E-state index contributed by atoms with van der Waals surface area (Å²) in [7, 11) is 0. The van der Waals surface area contributed by atoms with E-state index in [4.69, 9.17) is 5.11 Å². The minimum atomic E-state index is -1.79. The molecule has 9 heteroatoms. The van der Waals surface area contributed by atoms with Gasteiger partial charge in [0, 0.05) is 6.07 Å². The third kappa shape index (κ3) is 2.87. The number of benzene rings is 1. The number of aliphatic carboxylic acids is 1. The van der Waals surface area contributed by atoms with Gasteiger partial charge < -0.3 is 10.4 Å². The van der Waals surface area contributed by atoms with Crippen molar-refractivity contribution in [3.05, 3.63) is 39.4 Å². The molecule has 1 aromatic rings. The summed E-state index contributed by atoms with van der Waals surface area (Å²) < 4.78 is 27.2. The van der Waals surface area contributed by atoms with E-state index in [1.165, 1.54) is 0 Å². The van der Waals surface area contributed by atoms with Crippen molar-refractivity contribution in [1.82, 2.24) is 5.32 Å². The molecule has 2 N–H and O–H groups in total. The van der Waals surface area contributed by atoms with Crippen LogP contribution in [0.25, 0.3) is 0 Å². The number of carbonyl (C=O) groups is 2. The third-order valence-electron chi connectivity index (χ3n) is 2.46. The maximum Gasteiger partial charge on any atom is 0.328 e. The van der Waals surface area contributed by atoms with Crippen molar-refractivity contribution in [2.75, 3.05) is 0 Å². The molecular weight excluding hydrogens is 278 g/mol. The van der Waals surface area contributed by atoms with E-state index in [-0.39, 0.29) is 0 Å². The number of nitro benzene ring substituents is 1. The Labute approximate surface area is 111 Å². The van der Waals surface area contributed by atoms with E-state index in [9.17, 15) is 28.5 Å². The van der Waals surface area contributed by atoms with Gasteiger partial charge in [-0.25, -0.2) is 9.18 Å². The topological polar surface area (TPSA) is 110 Å². The Morgan fingerprint density at radius 2 is 1.90 bits per heavy atom. The van der Waals surface area contributed by atoms with Crippen LogP contribution in [0.5, 0.6) is 0 Å². The molecule has 0 radical (unpaired) electrons. The number of carboxylic acid groups (broad SMARTS) is 1. The molecule has 0 bridgehead atoms. The molecule has 0 aliphatic rings. The van der Waals surface area contributed by atoms with Crippen LogP contribution in [0.2, 0.25) is 0 Å². The molecule has 0 saturated carbocycles. The molecule has 1 amide bonds. The van der Waals surface area contributed by atoms with Crippen LogP contribution in [-0.2, 0) is 4.79 Å². The number of hydrogen-bond donors (Lipinski definition) is 2. The molecule has 0 aromatic heterocycles. The van der Waals surface area contributed by atoms with Crippen LogP contribution in [-0.4, -0.2) is 27.4 Å². The molecule has 0 saturated heterocycles. The van der Waals surface area contributed by atoms with E-state index >= 15 is 0 Å². The Balaban J connectivity index is 3.26. The van der Waals surface area contributed by atoms with E-state index in [0.717, 1.165) is 13.8 Å². The fourth-order valence-corrected chi connectivity index (χ4v) is 1.29. The lowest BCUT2D eigenvalue weighted by atomic mass is 10.0. The predicted octanol–water partition coefficient (Wildman–Crippen LogP) is 1.47. The van der Waals surface area contributed by atoms with Gasteiger partial charge in [0.05, 0.1) is 4.92 Å². The molecule has 20 heavy (non-hydrogen) atoms. The number of hydrogen-bond acceptors (Lipinski definition) is 4. The largest absolute Gasteiger partial charge is 0.480 e. The van der Waals surface area contributed by atoms with Crippen molar-refractivity contribution in [1.29, 1.82) is 0 Å². The quantitative estimate of drug-likeness (QED) is 0.644. The highest BCUT2D eigenvalue weighted by atomic mass is 19.1. The molecule has 1 aromatic carbocycles. The number of nitrogens with one attached hydrogen (secondary N) is 1. The van der Waals surface area contributed by atoms with Gasteiger partial charge in [-0.3, -0.25) is 14.9 Å². The molecule has 7 nitrogen and oxygen atoms in total. The molecule has 1 rings (SSSR count). The first-order valence-electron chi connectivity index (χ1n) is 5.26. The highest BCUT2D eigenvalue weighted by Gasteiger charge is 2.33. The van der Waals surface area contributed by atoms with Gasteiger partial charge in [-0.05, 0) is 19.9 Å². The van der Waals surface area contributed by atoms with Gasteiger partial charge >= 0.3 is 11.7 Å². The molecule has 0 aliphatic carbocycles. The van der Waals surface area contributed by atoms with Crippen LogP contribution < -0.4 is 5.32 Å². The zero-order chi connectivity index (χ0) is 15.7. The number of rotatable bonds is 4. The summed E-state index contributed by atoms with van der Waals surface area (Å²) in [4.78, 5) is 31.9. The lowest BCUT2D eigenvalue weighted by molar-refractivity contribution is -0.387. The summed E-state index contributed by atoms with van der Waals surface area (Å²) in [5.41, 5.74) is -4.07. The average molecular weight is 288 g/mol. The van der Waals surface area contributed by atoms with Crippen molar-refractivity contribution >= 4 is 17.6 Å². The number of carboxylic acids is 1. The number of nitro groups is 1. The second kappa shape index (κ2) is 5.19. The molecule has 108 valence electrons. The molecule has 0 fully saturated rings. The van der Waals surface area contributed by atoms with Gasteiger partial charge in [-0.2, -0.15) is 4.39 Å². The first kappa shape index (κ1) is 15.5. The van der Waals surface area contributed by atoms with E-state index in [0.29, 0.717) is 12.1 Å². The minimum absolute atomic E-state index is 0.559. The maximum atomic E-state index is 13.7. The summed E-state index contributed by atoms with van der Waals surface area (Å²) >= 11 is 0. The zero-order valence-corrected chi connectivity index (χ0v) is 10.4. The Hall–Kier alpha value is -2.58. The summed E-state index contributed by atoms with van der Waals surface area (Å²) in [6, 6.07) is 1.13. The highest BCUT2D eigenvalue weighted by Crippen LogP contribution is 2.23. The van der Waals surface area contributed by atoms with Crippen LogP contribution in [0.15, 0.2) is 12.1 Å².